The topological polar surface area (TPSA) is 57.3 Å². The highest BCUT2D eigenvalue weighted by molar-refractivity contribution is 9.10. The smallest absolute Gasteiger partial charge is 0.238 e. The Hall–Kier alpha value is -1.50. The molecule has 2 N–H and O–H groups in total. The van der Waals surface area contributed by atoms with Crippen molar-refractivity contribution in [3.63, 3.8) is 0 Å². The van der Waals surface area contributed by atoms with Crippen LogP contribution in [0.3, 0.4) is 0 Å². The molecule has 1 saturated heterocycles. The van der Waals surface area contributed by atoms with E-state index in [0.29, 0.717) is 6.54 Å². The van der Waals surface area contributed by atoms with Crippen LogP contribution in [0.25, 0.3) is 10.9 Å². The molecule has 21 heavy (non-hydrogen) atoms. The lowest BCUT2D eigenvalue weighted by Gasteiger charge is -2.26. The summed E-state index contributed by atoms with van der Waals surface area (Å²) in [5.41, 5.74) is 1.58. The van der Waals surface area contributed by atoms with Gasteiger partial charge in [0.2, 0.25) is 5.91 Å². The van der Waals surface area contributed by atoms with Gasteiger partial charge in [-0.1, -0.05) is 12.1 Å². The summed E-state index contributed by atoms with van der Waals surface area (Å²) in [4.78, 5) is 18.7. The van der Waals surface area contributed by atoms with Gasteiger partial charge in [0.15, 0.2) is 0 Å². The summed E-state index contributed by atoms with van der Waals surface area (Å²) in [6.07, 6.45) is 1.74. The van der Waals surface area contributed by atoms with E-state index < -0.39 is 0 Å². The number of hydrogen-bond acceptors (Lipinski definition) is 4. The van der Waals surface area contributed by atoms with Crippen LogP contribution in [0.15, 0.2) is 34.9 Å². The van der Waals surface area contributed by atoms with Crippen molar-refractivity contribution in [3.05, 3.63) is 34.9 Å². The molecule has 5 nitrogen and oxygen atoms in total. The first-order valence-corrected chi connectivity index (χ1v) is 7.79. The Labute approximate surface area is 131 Å². The van der Waals surface area contributed by atoms with Crippen molar-refractivity contribution < 1.29 is 4.79 Å². The number of carbonyl (C=O) groups is 1. The van der Waals surface area contributed by atoms with Gasteiger partial charge in [0.25, 0.3) is 0 Å². The van der Waals surface area contributed by atoms with Crippen molar-refractivity contribution in [2.75, 3.05) is 38.0 Å². The average Bonchev–Trinajstić information content (AvgIpc) is 2.48. The van der Waals surface area contributed by atoms with Gasteiger partial charge < -0.3 is 10.6 Å². The highest BCUT2D eigenvalue weighted by Crippen LogP contribution is 2.23. The van der Waals surface area contributed by atoms with E-state index >= 15 is 0 Å². The van der Waals surface area contributed by atoms with Crippen LogP contribution in [-0.4, -0.2) is 48.5 Å². The van der Waals surface area contributed by atoms with E-state index in [0.717, 1.165) is 47.2 Å². The molecule has 1 aliphatic rings. The first-order valence-electron chi connectivity index (χ1n) is 6.99. The lowest BCUT2D eigenvalue weighted by Crippen LogP contribution is -2.46. The third-order valence-corrected chi connectivity index (χ3v) is 3.96. The van der Waals surface area contributed by atoms with Crippen LogP contribution >= 0.6 is 15.9 Å². The molecular formula is C15H17BrN4O. The van der Waals surface area contributed by atoms with Crippen LogP contribution < -0.4 is 10.6 Å². The fraction of sp³-hybridized carbons (Fsp3) is 0.333. The number of nitrogens with one attached hydrogen (secondary N) is 2. The number of aromatic nitrogens is 1. The number of para-hydroxylation sites is 1. The van der Waals surface area contributed by atoms with E-state index in [1.807, 2.05) is 24.3 Å². The number of benzene rings is 1. The molecule has 1 amide bonds. The van der Waals surface area contributed by atoms with Crippen LogP contribution in [0, 0.1) is 0 Å². The van der Waals surface area contributed by atoms with E-state index in [1.165, 1.54) is 0 Å². The molecule has 1 aliphatic heterocycles. The van der Waals surface area contributed by atoms with Gasteiger partial charge in [-0.3, -0.25) is 14.7 Å². The number of anilines is 1. The Bertz CT molecular complexity index is 655. The lowest BCUT2D eigenvalue weighted by atomic mass is 10.2. The van der Waals surface area contributed by atoms with Gasteiger partial charge in [0, 0.05) is 42.2 Å². The van der Waals surface area contributed by atoms with Gasteiger partial charge in [-0.05, 0) is 28.1 Å². The van der Waals surface area contributed by atoms with E-state index in [2.05, 4.69) is 36.4 Å². The number of nitrogens with zero attached hydrogens (tertiary/aromatic N) is 2. The van der Waals surface area contributed by atoms with Crippen LogP contribution in [0.4, 0.5) is 5.69 Å². The summed E-state index contributed by atoms with van der Waals surface area (Å²) in [5, 5.41) is 7.26. The number of fused-ring (bicyclic) bond motifs is 1. The van der Waals surface area contributed by atoms with Crippen molar-refractivity contribution in [2.24, 2.45) is 0 Å². The monoisotopic (exact) mass is 348 g/mol. The summed E-state index contributed by atoms with van der Waals surface area (Å²) in [7, 11) is 0. The fourth-order valence-electron chi connectivity index (χ4n) is 2.50. The quantitative estimate of drug-likeness (QED) is 0.888. The summed E-state index contributed by atoms with van der Waals surface area (Å²) >= 11 is 3.41. The first kappa shape index (κ1) is 14.4. The second-order valence-electron chi connectivity index (χ2n) is 5.11. The number of piperazine rings is 1. The van der Waals surface area contributed by atoms with Gasteiger partial charge in [-0.2, -0.15) is 0 Å². The average molecular weight is 349 g/mol. The van der Waals surface area contributed by atoms with Crippen LogP contribution in [-0.2, 0) is 4.79 Å². The Kier molecular flexibility index (Phi) is 4.48. The molecule has 0 unspecified atom stereocenters. The number of pyridine rings is 1. The molecule has 0 atom stereocenters. The maximum atomic E-state index is 12.2. The van der Waals surface area contributed by atoms with Crippen molar-refractivity contribution >= 4 is 38.4 Å². The zero-order valence-electron chi connectivity index (χ0n) is 11.6. The van der Waals surface area contributed by atoms with E-state index in [1.54, 1.807) is 6.20 Å². The molecule has 0 radical (unpaired) electrons. The predicted molar refractivity (Wildman–Crippen MR) is 87.4 cm³/mol. The Morgan fingerprint density at radius 2 is 2.19 bits per heavy atom. The second kappa shape index (κ2) is 6.51. The predicted octanol–water partition coefficient (Wildman–Crippen LogP) is 1.84. The SMILES string of the molecule is O=C(CN1CCNCC1)Nc1cccc2cc(Br)cnc12. The van der Waals surface area contributed by atoms with Crippen molar-refractivity contribution in [1.29, 1.82) is 0 Å². The van der Waals surface area contributed by atoms with Crippen LogP contribution in [0.1, 0.15) is 0 Å². The molecule has 1 aromatic heterocycles. The Balaban J connectivity index is 1.73. The Morgan fingerprint density at radius 1 is 1.38 bits per heavy atom. The summed E-state index contributed by atoms with van der Waals surface area (Å²) in [6, 6.07) is 7.79. The summed E-state index contributed by atoms with van der Waals surface area (Å²) in [6.45, 7) is 4.13. The molecule has 110 valence electrons. The van der Waals surface area contributed by atoms with Gasteiger partial charge in [0.1, 0.15) is 0 Å². The zero-order chi connectivity index (χ0) is 14.7. The van der Waals surface area contributed by atoms with E-state index in [4.69, 9.17) is 0 Å². The normalized spacial score (nSPS) is 16.0. The number of hydrogen-bond donors (Lipinski definition) is 2. The third-order valence-electron chi connectivity index (χ3n) is 3.53. The maximum absolute atomic E-state index is 12.2. The molecule has 1 aromatic carbocycles. The van der Waals surface area contributed by atoms with Crippen LogP contribution in [0.5, 0.6) is 0 Å². The number of amides is 1. The summed E-state index contributed by atoms with van der Waals surface area (Å²) in [5.74, 6) is 0.00844. The van der Waals surface area contributed by atoms with E-state index in [9.17, 15) is 4.79 Å². The zero-order valence-corrected chi connectivity index (χ0v) is 13.2. The molecule has 0 aliphatic carbocycles. The molecule has 6 heteroatoms. The van der Waals surface area contributed by atoms with E-state index in [-0.39, 0.29) is 5.91 Å². The minimum absolute atomic E-state index is 0.00844. The highest BCUT2D eigenvalue weighted by atomic mass is 79.9. The Morgan fingerprint density at radius 3 is 3.00 bits per heavy atom. The molecule has 1 fully saturated rings. The second-order valence-corrected chi connectivity index (χ2v) is 6.02. The lowest BCUT2D eigenvalue weighted by molar-refractivity contribution is -0.117. The van der Waals surface area contributed by atoms with Crippen molar-refractivity contribution in [1.82, 2.24) is 15.2 Å². The molecule has 0 saturated carbocycles. The molecule has 0 bridgehead atoms. The largest absolute Gasteiger partial charge is 0.323 e. The molecule has 3 rings (SSSR count). The fourth-order valence-corrected chi connectivity index (χ4v) is 2.85. The number of rotatable bonds is 3. The third kappa shape index (κ3) is 3.58. The van der Waals surface area contributed by atoms with Crippen molar-refractivity contribution in [2.45, 2.75) is 0 Å². The van der Waals surface area contributed by atoms with Crippen molar-refractivity contribution in [3.8, 4) is 0 Å². The highest BCUT2D eigenvalue weighted by Gasteiger charge is 2.14. The van der Waals surface area contributed by atoms with Crippen LogP contribution in [0.2, 0.25) is 0 Å². The first-order chi connectivity index (χ1) is 10.2. The molecule has 2 aromatic rings. The standard InChI is InChI=1S/C15H17BrN4O/c16-12-8-11-2-1-3-13(15(11)18-9-12)19-14(21)10-20-6-4-17-5-7-20/h1-3,8-9,17H,4-7,10H2,(H,19,21). The van der Waals surface area contributed by atoms with Gasteiger partial charge in [0.05, 0.1) is 17.7 Å². The molecule has 0 spiro atoms. The number of halogens is 1. The minimum atomic E-state index is 0.00844. The van der Waals surface area contributed by atoms with Gasteiger partial charge >= 0.3 is 0 Å². The number of carbonyl (C=O) groups excluding carboxylic acids is 1. The van der Waals surface area contributed by atoms with Gasteiger partial charge in [-0.15, -0.1) is 0 Å². The molecule has 2 heterocycles. The molecular weight excluding hydrogens is 332 g/mol. The summed E-state index contributed by atoms with van der Waals surface area (Å²) < 4.78 is 0.930. The maximum Gasteiger partial charge on any atom is 0.238 e. The minimum Gasteiger partial charge on any atom is -0.323 e. The van der Waals surface area contributed by atoms with Gasteiger partial charge in [-0.25, -0.2) is 0 Å².